The van der Waals surface area contributed by atoms with Gasteiger partial charge in [0.2, 0.25) is 5.88 Å². The molecule has 0 spiro atoms. The third-order valence-electron chi connectivity index (χ3n) is 3.38. The number of anilines is 1. The van der Waals surface area contributed by atoms with Gasteiger partial charge in [0.1, 0.15) is 17.7 Å². The number of nitrogens with zero attached hydrogens (tertiary/aromatic N) is 5. The van der Waals surface area contributed by atoms with E-state index in [9.17, 15) is 0 Å². The number of rotatable bonds is 4. The molecule has 0 saturated carbocycles. The molecule has 0 unspecified atom stereocenters. The highest BCUT2D eigenvalue weighted by atomic mass is 35.5. The second-order valence-corrected chi connectivity index (χ2v) is 5.33. The summed E-state index contributed by atoms with van der Waals surface area (Å²) in [6.07, 6.45) is 3.08. The zero-order chi connectivity index (χ0) is 17.8. The number of nitrogens with one attached hydrogen (secondary N) is 1. The van der Waals surface area contributed by atoms with E-state index < -0.39 is 0 Å². The molecule has 0 bridgehead atoms. The van der Waals surface area contributed by atoms with Gasteiger partial charge >= 0.3 is 0 Å². The predicted octanol–water partition coefficient (Wildman–Crippen LogP) is 3.40. The van der Waals surface area contributed by atoms with Crippen molar-refractivity contribution in [1.82, 2.24) is 14.6 Å². The Morgan fingerprint density at radius 3 is 2.80 bits per heavy atom. The molecule has 0 aliphatic heterocycles. The number of halogens is 1. The minimum atomic E-state index is -0.0505. The molecule has 0 radical (unpaired) electrons. The molecule has 25 heavy (non-hydrogen) atoms. The molecule has 8 heteroatoms. The van der Waals surface area contributed by atoms with Crippen molar-refractivity contribution in [2.45, 2.75) is 0 Å². The number of benzene rings is 1. The van der Waals surface area contributed by atoms with Crippen LogP contribution in [0.3, 0.4) is 0 Å². The summed E-state index contributed by atoms with van der Waals surface area (Å²) in [5, 5.41) is 25.2. The molecule has 1 N–H and O–H groups in total. The van der Waals surface area contributed by atoms with Crippen LogP contribution in [0.25, 0.3) is 16.9 Å². The molecule has 0 aliphatic rings. The quantitative estimate of drug-likeness (QED) is 0.724. The summed E-state index contributed by atoms with van der Waals surface area (Å²) in [6.45, 7) is 0. The first-order chi connectivity index (χ1) is 12.1. The Bertz CT molecular complexity index is 1040. The number of aromatic nitrogens is 3. The van der Waals surface area contributed by atoms with E-state index in [-0.39, 0.29) is 5.57 Å². The zero-order valence-corrected chi connectivity index (χ0v) is 13.8. The van der Waals surface area contributed by atoms with Crippen molar-refractivity contribution < 1.29 is 4.74 Å². The molecule has 7 nitrogen and oxygen atoms in total. The summed E-state index contributed by atoms with van der Waals surface area (Å²) in [6, 6.07) is 12.4. The molecule has 2 heterocycles. The first-order valence-corrected chi connectivity index (χ1v) is 7.49. The molecule has 1 aromatic carbocycles. The smallest absolute Gasteiger partial charge is 0.231 e. The molecular weight excluding hydrogens is 340 g/mol. The van der Waals surface area contributed by atoms with E-state index in [2.05, 4.69) is 15.4 Å². The van der Waals surface area contributed by atoms with E-state index in [1.54, 1.807) is 54.2 Å². The van der Waals surface area contributed by atoms with Crippen LogP contribution in [0, 0.1) is 22.7 Å². The van der Waals surface area contributed by atoms with Crippen LogP contribution in [0.2, 0.25) is 5.02 Å². The lowest BCUT2D eigenvalue weighted by atomic mass is 10.1. The lowest BCUT2D eigenvalue weighted by molar-refractivity contribution is 0.390. The summed E-state index contributed by atoms with van der Waals surface area (Å²) in [4.78, 5) is 4.51. The average Bonchev–Trinajstić information content (AvgIpc) is 3.06. The minimum Gasteiger partial charge on any atom is -0.480 e. The molecule has 0 fully saturated rings. The first-order valence-electron chi connectivity index (χ1n) is 7.12. The maximum atomic E-state index is 8.79. The molecule has 0 atom stereocenters. The fourth-order valence-corrected chi connectivity index (χ4v) is 2.32. The summed E-state index contributed by atoms with van der Waals surface area (Å²) < 4.78 is 6.73. The maximum absolute atomic E-state index is 8.79. The zero-order valence-electron chi connectivity index (χ0n) is 13.1. The van der Waals surface area contributed by atoms with Gasteiger partial charge in [-0.3, -0.25) is 0 Å². The van der Waals surface area contributed by atoms with Gasteiger partial charge in [0.25, 0.3) is 0 Å². The first kappa shape index (κ1) is 16.3. The minimum absolute atomic E-state index is 0.0505. The number of hydrogen-bond acceptors (Lipinski definition) is 6. The van der Waals surface area contributed by atoms with E-state index in [1.807, 2.05) is 6.07 Å². The topological polar surface area (TPSA) is 99.0 Å². The number of fused-ring (bicyclic) bond motifs is 1. The number of allylic oxidation sites excluding steroid dienone is 1. The Morgan fingerprint density at radius 1 is 1.28 bits per heavy atom. The predicted molar refractivity (Wildman–Crippen MR) is 92.9 cm³/mol. The highest BCUT2D eigenvalue weighted by molar-refractivity contribution is 6.33. The third kappa shape index (κ3) is 3.37. The van der Waals surface area contributed by atoms with Crippen molar-refractivity contribution in [3.8, 4) is 29.3 Å². The highest BCUT2D eigenvalue weighted by Crippen LogP contribution is 2.29. The van der Waals surface area contributed by atoms with Crippen LogP contribution in [-0.2, 0) is 0 Å². The Balaban J connectivity index is 1.98. The van der Waals surface area contributed by atoms with Gasteiger partial charge in [0.15, 0.2) is 5.65 Å². The number of nitriles is 2. The standard InChI is InChI=1S/C17H11ClN6O/c1-25-17-5-4-16-22-15(10-24(16)23-17)12-2-3-13(18)14(6-12)21-9-11(7-19)8-20/h2-6,9-10,21H,1H3. The largest absolute Gasteiger partial charge is 0.480 e. The van der Waals surface area contributed by atoms with Crippen LogP contribution in [-0.4, -0.2) is 21.7 Å². The Morgan fingerprint density at radius 2 is 2.08 bits per heavy atom. The van der Waals surface area contributed by atoms with Gasteiger partial charge < -0.3 is 10.1 Å². The van der Waals surface area contributed by atoms with Gasteiger partial charge in [0, 0.05) is 17.8 Å². The molecule has 2 aromatic heterocycles. The average molecular weight is 351 g/mol. The molecular formula is C17H11ClN6O. The van der Waals surface area contributed by atoms with E-state index in [0.29, 0.717) is 27.9 Å². The Kier molecular flexibility index (Phi) is 4.51. The van der Waals surface area contributed by atoms with Crippen LogP contribution in [0.1, 0.15) is 0 Å². The molecule has 3 rings (SSSR count). The van der Waals surface area contributed by atoms with Gasteiger partial charge in [-0.1, -0.05) is 17.7 Å². The molecule has 122 valence electrons. The van der Waals surface area contributed by atoms with E-state index >= 15 is 0 Å². The Hall–Kier alpha value is -3.55. The number of ether oxygens (including phenoxy) is 1. The summed E-state index contributed by atoms with van der Waals surface area (Å²) in [5.41, 5.74) is 2.69. The van der Waals surface area contributed by atoms with Gasteiger partial charge in [0.05, 0.1) is 29.7 Å². The van der Waals surface area contributed by atoms with Gasteiger partial charge in [-0.15, -0.1) is 5.10 Å². The van der Waals surface area contributed by atoms with Gasteiger partial charge in [-0.2, -0.15) is 10.5 Å². The summed E-state index contributed by atoms with van der Waals surface area (Å²) in [7, 11) is 1.55. The lowest BCUT2D eigenvalue weighted by Crippen LogP contribution is -1.93. The lowest BCUT2D eigenvalue weighted by Gasteiger charge is -2.06. The number of methoxy groups -OCH3 is 1. The highest BCUT2D eigenvalue weighted by Gasteiger charge is 2.09. The fourth-order valence-electron chi connectivity index (χ4n) is 2.15. The molecule has 0 saturated heterocycles. The van der Waals surface area contributed by atoms with Crippen molar-refractivity contribution in [2.24, 2.45) is 0 Å². The van der Waals surface area contributed by atoms with Gasteiger partial charge in [-0.25, -0.2) is 9.50 Å². The Labute approximate surface area is 148 Å². The molecule has 3 aromatic rings. The van der Waals surface area contributed by atoms with E-state index in [0.717, 1.165) is 5.56 Å². The summed E-state index contributed by atoms with van der Waals surface area (Å²) >= 11 is 6.16. The van der Waals surface area contributed by atoms with Crippen molar-refractivity contribution in [1.29, 1.82) is 10.5 Å². The summed E-state index contributed by atoms with van der Waals surface area (Å²) in [5.74, 6) is 0.487. The van der Waals surface area contributed by atoms with Crippen LogP contribution in [0.4, 0.5) is 5.69 Å². The van der Waals surface area contributed by atoms with Crippen LogP contribution in [0.15, 0.2) is 48.3 Å². The van der Waals surface area contributed by atoms with Crippen LogP contribution < -0.4 is 10.1 Å². The number of imidazole rings is 1. The van der Waals surface area contributed by atoms with E-state index in [1.165, 1.54) is 6.20 Å². The molecule has 0 aliphatic carbocycles. The van der Waals surface area contributed by atoms with Crippen molar-refractivity contribution in [3.05, 3.63) is 53.3 Å². The maximum Gasteiger partial charge on any atom is 0.231 e. The van der Waals surface area contributed by atoms with Gasteiger partial charge in [-0.05, 0) is 18.2 Å². The van der Waals surface area contributed by atoms with Crippen LogP contribution >= 0.6 is 11.6 Å². The second-order valence-electron chi connectivity index (χ2n) is 4.93. The monoisotopic (exact) mass is 350 g/mol. The van der Waals surface area contributed by atoms with Crippen molar-refractivity contribution in [3.63, 3.8) is 0 Å². The second kappa shape index (κ2) is 6.91. The third-order valence-corrected chi connectivity index (χ3v) is 3.71. The number of hydrogen-bond donors (Lipinski definition) is 1. The van der Waals surface area contributed by atoms with Crippen LogP contribution in [0.5, 0.6) is 5.88 Å². The van der Waals surface area contributed by atoms with Crippen molar-refractivity contribution in [2.75, 3.05) is 12.4 Å². The van der Waals surface area contributed by atoms with E-state index in [4.69, 9.17) is 26.9 Å². The fraction of sp³-hybridized carbons (Fsp3) is 0.0588. The van der Waals surface area contributed by atoms with Crippen molar-refractivity contribution >= 4 is 22.9 Å². The SMILES string of the molecule is COc1ccc2nc(-c3ccc(Cl)c(NC=C(C#N)C#N)c3)cn2n1. The normalized spacial score (nSPS) is 9.92. The molecule has 0 amide bonds.